The van der Waals surface area contributed by atoms with Crippen molar-refractivity contribution in [2.75, 3.05) is 19.7 Å². The lowest BCUT2D eigenvalue weighted by molar-refractivity contribution is -0.143. The van der Waals surface area contributed by atoms with Crippen molar-refractivity contribution in [2.24, 2.45) is 0 Å². The molecule has 0 aromatic carbocycles. The van der Waals surface area contributed by atoms with Gasteiger partial charge in [0.2, 0.25) is 5.91 Å². The third-order valence-corrected chi connectivity index (χ3v) is 3.51. The summed E-state index contributed by atoms with van der Waals surface area (Å²) in [5, 5.41) is 3.37. The Morgan fingerprint density at radius 1 is 1.50 bits per heavy atom. The van der Waals surface area contributed by atoms with E-state index in [1.54, 1.807) is 0 Å². The van der Waals surface area contributed by atoms with Gasteiger partial charge in [0.15, 0.2) is 0 Å². The molecule has 0 bridgehead atoms. The number of nitrogens with zero attached hydrogens (tertiary/aromatic N) is 1. The summed E-state index contributed by atoms with van der Waals surface area (Å²) in [4.78, 5) is 14.1. The first-order chi connectivity index (χ1) is 7.66. The smallest absolute Gasteiger partial charge is 0.224 e. The first-order valence-corrected chi connectivity index (χ1v) is 6.31. The number of hydrogen-bond acceptors (Lipinski definition) is 3. The molecule has 2 aliphatic heterocycles. The zero-order valence-corrected chi connectivity index (χ0v) is 10.2. The molecule has 16 heavy (non-hydrogen) atoms. The van der Waals surface area contributed by atoms with Gasteiger partial charge in [0.05, 0.1) is 18.8 Å². The molecule has 0 saturated carbocycles. The molecular weight excluding hydrogens is 204 g/mol. The predicted molar refractivity (Wildman–Crippen MR) is 62.2 cm³/mol. The average molecular weight is 226 g/mol. The van der Waals surface area contributed by atoms with E-state index in [4.69, 9.17) is 4.74 Å². The van der Waals surface area contributed by atoms with Crippen LogP contribution in [0.3, 0.4) is 0 Å². The molecule has 3 unspecified atom stereocenters. The molecule has 1 amide bonds. The Kier molecular flexibility index (Phi) is 3.82. The van der Waals surface area contributed by atoms with Crippen molar-refractivity contribution >= 4 is 5.91 Å². The number of carbonyl (C=O) groups is 1. The molecule has 0 aromatic rings. The topological polar surface area (TPSA) is 41.6 Å². The summed E-state index contributed by atoms with van der Waals surface area (Å²) in [7, 11) is 0. The minimum Gasteiger partial charge on any atom is -0.375 e. The number of rotatable bonds is 2. The molecule has 92 valence electrons. The highest BCUT2D eigenvalue weighted by atomic mass is 16.5. The van der Waals surface area contributed by atoms with E-state index >= 15 is 0 Å². The monoisotopic (exact) mass is 226 g/mol. The highest BCUT2D eigenvalue weighted by molar-refractivity contribution is 5.77. The van der Waals surface area contributed by atoms with E-state index in [1.165, 1.54) is 6.42 Å². The Hall–Kier alpha value is -0.610. The van der Waals surface area contributed by atoms with Crippen molar-refractivity contribution in [3.8, 4) is 0 Å². The second kappa shape index (κ2) is 5.15. The van der Waals surface area contributed by atoms with Crippen LogP contribution < -0.4 is 5.32 Å². The minimum atomic E-state index is 0.177. The van der Waals surface area contributed by atoms with Crippen LogP contribution in [0.2, 0.25) is 0 Å². The molecule has 4 heteroatoms. The Balaban J connectivity index is 1.86. The zero-order chi connectivity index (χ0) is 11.5. The van der Waals surface area contributed by atoms with Crippen molar-refractivity contribution in [3.63, 3.8) is 0 Å². The number of hydrogen-bond donors (Lipinski definition) is 1. The van der Waals surface area contributed by atoms with Crippen LogP contribution in [0.5, 0.6) is 0 Å². The van der Waals surface area contributed by atoms with Gasteiger partial charge in [0.1, 0.15) is 0 Å². The van der Waals surface area contributed by atoms with E-state index in [1.807, 2.05) is 11.8 Å². The molecule has 2 heterocycles. The minimum absolute atomic E-state index is 0.177. The Morgan fingerprint density at radius 3 is 3.00 bits per heavy atom. The number of morpholine rings is 1. The fourth-order valence-corrected chi connectivity index (χ4v) is 2.51. The maximum absolute atomic E-state index is 12.1. The second-order valence-corrected chi connectivity index (χ2v) is 5.04. The molecule has 2 fully saturated rings. The molecule has 4 nitrogen and oxygen atoms in total. The molecule has 2 aliphatic rings. The molecule has 2 saturated heterocycles. The maximum atomic E-state index is 12.1. The zero-order valence-electron chi connectivity index (χ0n) is 10.2. The summed E-state index contributed by atoms with van der Waals surface area (Å²) in [6.07, 6.45) is 3.17. The maximum Gasteiger partial charge on any atom is 0.224 e. The van der Waals surface area contributed by atoms with Gasteiger partial charge >= 0.3 is 0 Å². The van der Waals surface area contributed by atoms with Crippen LogP contribution in [-0.2, 0) is 9.53 Å². The van der Waals surface area contributed by atoms with Gasteiger partial charge in [0, 0.05) is 19.0 Å². The van der Waals surface area contributed by atoms with E-state index in [0.29, 0.717) is 19.1 Å². The Labute approximate surface area is 97.3 Å². The van der Waals surface area contributed by atoms with E-state index in [2.05, 4.69) is 12.2 Å². The highest BCUT2D eigenvalue weighted by Crippen LogP contribution is 2.16. The van der Waals surface area contributed by atoms with Crippen LogP contribution in [0.25, 0.3) is 0 Å². The van der Waals surface area contributed by atoms with E-state index < -0.39 is 0 Å². The summed E-state index contributed by atoms with van der Waals surface area (Å²) in [5.41, 5.74) is 0. The van der Waals surface area contributed by atoms with Crippen LogP contribution in [0.15, 0.2) is 0 Å². The summed E-state index contributed by atoms with van der Waals surface area (Å²) < 4.78 is 5.53. The van der Waals surface area contributed by atoms with E-state index in [0.717, 1.165) is 19.5 Å². The fourth-order valence-electron chi connectivity index (χ4n) is 2.51. The number of ether oxygens (including phenoxy) is 1. The third kappa shape index (κ3) is 2.74. The van der Waals surface area contributed by atoms with Crippen LogP contribution in [0, 0.1) is 0 Å². The average Bonchev–Trinajstić information content (AvgIpc) is 2.74. The molecule has 0 aromatic heterocycles. The van der Waals surface area contributed by atoms with Crippen molar-refractivity contribution in [2.45, 2.75) is 51.3 Å². The van der Waals surface area contributed by atoms with Crippen LogP contribution in [-0.4, -0.2) is 48.7 Å². The number of nitrogens with one attached hydrogen (secondary N) is 1. The number of carbonyl (C=O) groups excluding carboxylic acids is 1. The molecule has 0 spiro atoms. The van der Waals surface area contributed by atoms with Crippen LogP contribution in [0.4, 0.5) is 0 Å². The van der Waals surface area contributed by atoms with Gasteiger partial charge in [-0.15, -0.1) is 0 Å². The van der Waals surface area contributed by atoms with Crippen LogP contribution in [0.1, 0.15) is 33.1 Å². The van der Waals surface area contributed by atoms with Crippen molar-refractivity contribution in [1.29, 1.82) is 0 Å². The van der Waals surface area contributed by atoms with Crippen molar-refractivity contribution in [1.82, 2.24) is 10.2 Å². The van der Waals surface area contributed by atoms with Gasteiger partial charge in [-0.2, -0.15) is 0 Å². The summed E-state index contributed by atoms with van der Waals surface area (Å²) in [5.74, 6) is 0.280. The standard InChI is InChI=1S/C12H22N2O2/c1-9-8-16-10(2)7-14(9)12(15)6-11-4-3-5-13-11/h9-11,13H,3-8H2,1-2H3. The lowest BCUT2D eigenvalue weighted by Gasteiger charge is -2.37. The molecule has 0 aliphatic carbocycles. The predicted octanol–water partition coefficient (Wildman–Crippen LogP) is 0.764. The Bertz CT molecular complexity index is 251. The highest BCUT2D eigenvalue weighted by Gasteiger charge is 2.29. The lowest BCUT2D eigenvalue weighted by atomic mass is 10.1. The third-order valence-electron chi connectivity index (χ3n) is 3.51. The molecule has 2 rings (SSSR count). The SMILES string of the molecule is CC1CN(C(=O)CC2CCCN2)C(C)CO1. The summed E-state index contributed by atoms with van der Waals surface area (Å²) in [6.45, 7) is 6.57. The van der Waals surface area contributed by atoms with Crippen molar-refractivity contribution in [3.05, 3.63) is 0 Å². The second-order valence-electron chi connectivity index (χ2n) is 5.04. The molecule has 3 atom stereocenters. The van der Waals surface area contributed by atoms with Crippen molar-refractivity contribution < 1.29 is 9.53 Å². The van der Waals surface area contributed by atoms with E-state index in [-0.39, 0.29) is 18.1 Å². The molecular formula is C12H22N2O2. The lowest BCUT2D eigenvalue weighted by Crippen LogP contribution is -2.51. The van der Waals surface area contributed by atoms with Crippen LogP contribution >= 0.6 is 0 Å². The summed E-state index contributed by atoms with van der Waals surface area (Å²) in [6, 6.07) is 0.628. The van der Waals surface area contributed by atoms with Gasteiger partial charge in [-0.1, -0.05) is 0 Å². The molecule has 1 N–H and O–H groups in total. The quantitative estimate of drug-likeness (QED) is 0.756. The Morgan fingerprint density at radius 2 is 2.31 bits per heavy atom. The van der Waals surface area contributed by atoms with Gasteiger partial charge < -0.3 is 15.0 Å². The fraction of sp³-hybridized carbons (Fsp3) is 0.917. The normalized spacial score (nSPS) is 35.4. The van der Waals surface area contributed by atoms with Gasteiger partial charge in [-0.25, -0.2) is 0 Å². The van der Waals surface area contributed by atoms with E-state index in [9.17, 15) is 4.79 Å². The molecule has 0 radical (unpaired) electrons. The number of amides is 1. The van der Waals surface area contributed by atoms with Gasteiger partial charge in [-0.3, -0.25) is 4.79 Å². The van der Waals surface area contributed by atoms with Gasteiger partial charge in [-0.05, 0) is 33.2 Å². The van der Waals surface area contributed by atoms with Gasteiger partial charge in [0.25, 0.3) is 0 Å². The first-order valence-electron chi connectivity index (χ1n) is 6.31. The largest absolute Gasteiger partial charge is 0.375 e. The first kappa shape index (κ1) is 11.9. The summed E-state index contributed by atoms with van der Waals surface area (Å²) >= 11 is 0.